The molecule has 1 aromatic carbocycles. The Morgan fingerprint density at radius 2 is 2.18 bits per heavy atom. The predicted octanol–water partition coefficient (Wildman–Crippen LogP) is 4.55. The van der Waals surface area contributed by atoms with E-state index < -0.39 is 0 Å². The van der Waals surface area contributed by atoms with E-state index in [0.717, 1.165) is 0 Å². The molecule has 0 aliphatic carbocycles. The van der Waals surface area contributed by atoms with Crippen LogP contribution in [0.1, 0.15) is 15.2 Å². The topological polar surface area (TPSA) is 17.1 Å². The smallest absolute Gasteiger partial charge is 0.195 e. The van der Waals surface area contributed by atoms with Gasteiger partial charge in [0.15, 0.2) is 5.78 Å². The van der Waals surface area contributed by atoms with E-state index in [-0.39, 0.29) is 11.6 Å². The first-order valence-corrected chi connectivity index (χ1v) is 6.55. The number of benzene rings is 1. The average Bonchev–Trinajstić information content (AvgIpc) is 2.81. The Morgan fingerprint density at radius 3 is 2.82 bits per heavy atom. The molecule has 0 bridgehead atoms. The molecule has 0 saturated heterocycles. The molecular weight excluding hydrogens is 303 g/mol. The molecule has 1 aromatic heterocycles. The van der Waals surface area contributed by atoms with Gasteiger partial charge in [0, 0.05) is 10.0 Å². The fourth-order valence-electron chi connectivity index (χ4n) is 1.30. The van der Waals surface area contributed by atoms with E-state index in [4.69, 9.17) is 0 Å². The molecule has 1 heterocycles. The van der Waals surface area contributed by atoms with Gasteiger partial charge in [-0.2, -0.15) is 0 Å². The maximum Gasteiger partial charge on any atom is 0.195 e. The minimum atomic E-state index is -0.352. The quantitative estimate of drug-likeness (QED) is 0.600. The molecule has 0 aliphatic rings. The van der Waals surface area contributed by atoms with Crippen molar-refractivity contribution in [2.45, 2.75) is 0 Å². The summed E-state index contributed by atoms with van der Waals surface area (Å²) in [6, 6.07) is 8.28. The first kappa shape index (κ1) is 12.2. The number of carbonyl (C=O) groups is 1. The summed E-state index contributed by atoms with van der Waals surface area (Å²) in [4.78, 5) is 12.3. The van der Waals surface area contributed by atoms with Gasteiger partial charge in [0.1, 0.15) is 5.82 Å². The van der Waals surface area contributed by atoms with Crippen LogP contribution in [0.3, 0.4) is 0 Å². The Bertz CT molecular complexity index is 561. The molecule has 0 N–H and O–H groups in total. The van der Waals surface area contributed by atoms with Crippen LogP contribution in [0.25, 0.3) is 6.08 Å². The van der Waals surface area contributed by atoms with Crippen LogP contribution in [-0.4, -0.2) is 5.78 Å². The van der Waals surface area contributed by atoms with Crippen molar-refractivity contribution >= 4 is 39.1 Å². The Kier molecular flexibility index (Phi) is 3.86. The summed E-state index contributed by atoms with van der Waals surface area (Å²) in [6.07, 6.45) is 2.88. The maximum absolute atomic E-state index is 13.5. The highest BCUT2D eigenvalue weighted by molar-refractivity contribution is 9.10. The van der Waals surface area contributed by atoms with Gasteiger partial charge in [-0.3, -0.25) is 4.79 Å². The standard InChI is InChI=1S/C13H8BrFOS/c14-10-5-3-9(11(15)8-10)4-6-12(16)13-2-1-7-17-13/h1-8H. The van der Waals surface area contributed by atoms with Crippen LogP contribution in [0.15, 0.2) is 46.3 Å². The van der Waals surface area contributed by atoms with Gasteiger partial charge in [-0.25, -0.2) is 4.39 Å². The van der Waals surface area contributed by atoms with Gasteiger partial charge in [-0.1, -0.05) is 28.1 Å². The number of rotatable bonds is 3. The summed E-state index contributed by atoms with van der Waals surface area (Å²) < 4.78 is 14.1. The van der Waals surface area contributed by atoms with Crippen molar-refractivity contribution in [2.75, 3.05) is 0 Å². The van der Waals surface area contributed by atoms with E-state index in [1.807, 2.05) is 11.4 Å². The van der Waals surface area contributed by atoms with Crippen molar-refractivity contribution in [1.29, 1.82) is 0 Å². The van der Waals surface area contributed by atoms with E-state index >= 15 is 0 Å². The van der Waals surface area contributed by atoms with Crippen molar-refractivity contribution in [3.63, 3.8) is 0 Å². The molecule has 2 aromatic rings. The fourth-order valence-corrected chi connectivity index (χ4v) is 2.28. The third-order valence-electron chi connectivity index (χ3n) is 2.14. The molecular formula is C13H8BrFOS. The summed E-state index contributed by atoms with van der Waals surface area (Å²) in [7, 11) is 0. The number of hydrogen-bond donors (Lipinski definition) is 0. The van der Waals surface area contributed by atoms with E-state index in [0.29, 0.717) is 14.9 Å². The summed E-state index contributed by atoms with van der Waals surface area (Å²) in [5.41, 5.74) is 0.401. The van der Waals surface area contributed by atoms with Gasteiger partial charge in [-0.15, -0.1) is 11.3 Å². The Labute approximate surface area is 111 Å². The molecule has 0 fully saturated rings. The van der Waals surface area contributed by atoms with Gasteiger partial charge in [-0.05, 0) is 35.7 Å². The molecule has 4 heteroatoms. The molecule has 0 saturated carbocycles. The monoisotopic (exact) mass is 310 g/mol. The van der Waals surface area contributed by atoms with Gasteiger partial charge in [0.05, 0.1) is 4.88 Å². The normalized spacial score (nSPS) is 10.9. The van der Waals surface area contributed by atoms with Gasteiger partial charge in [0.2, 0.25) is 0 Å². The van der Waals surface area contributed by atoms with Gasteiger partial charge >= 0.3 is 0 Å². The average molecular weight is 311 g/mol. The number of carbonyl (C=O) groups excluding carboxylic acids is 1. The molecule has 17 heavy (non-hydrogen) atoms. The van der Waals surface area contributed by atoms with Crippen molar-refractivity contribution in [2.24, 2.45) is 0 Å². The highest BCUT2D eigenvalue weighted by Gasteiger charge is 2.03. The van der Waals surface area contributed by atoms with Crippen LogP contribution in [-0.2, 0) is 0 Å². The van der Waals surface area contributed by atoms with Crippen LogP contribution in [0, 0.1) is 5.82 Å². The van der Waals surface area contributed by atoms with Gasteiger partial charge in [0.25, 0.3) is 0 Å². The largest absolute Gasteiger partial charge is 0.288 e. The molecule has 0 aliphatic heterocycles. The van der Waals surface area contributed by atoms with Crippen LogP contribution in [0.2, 0.25) is 0 Å². The third kappa shape index (κ3) is 3.11. The zero-order chi connectivity index (χ0) is 12.3. The Hall–Kier alpha value is -1.26. The molecule has 0 spiro atoms. The highest BCUT2D eigenvalue weighted by atomic mass is 79.9. The van der Waals surface area contributed by atoms with Crippen LogP contribution in [0.4, 0.5) is 4.39 Å². The van der Waals surface area contributed by atoms with Crippen LogP contribution in [0.5, 0.6) is 0 Å². The molecule has 1 nitrogen and oxygen atoms in total. The fraction of sp³-hybridized carbons (Fsp3) is 0. The summed E-state index contributed by atoms with van der Waals surface area (Å²) in [5, 5.41) is 1.83. The van der Waals surface area contributed by atoms with E-state index in [1.165, 1.54) is 29.6 Å². The summed E-state index contributed by atoms with van der Waals surface area (Å²) >= 11 is 4.55. The first-order valence-electron chi connectivity index (χ1n) is 4.88. The van der Waals surface area contributed by atoms with Crippen molar-refractivity contribution in [3.8, 4) is 0 Å². The lowest BCUT2D eigenvalue weighted by molar-refractivity contribution is 0.105. The van der Waals surface area contributed by atoms with E-state index in [9.17, 15) is 9.18 Å². The van der Waals surface area contributed by atoms with E-state index in [2.05, 4.69) is 15.9 Å². The molecule has 0 atom stereocenters. The second kappa shape index (κ2) is 5.38. The van der Waals surface area contributed by atoms with Crippen molar-refractivity contribution in [3.05, 3.63) is 62.5 Å². The zero-order valence-corrected chi connectivity index (χ0v) is 11.1. The lowest BCUT2D eigenvalue weighted by Crippen LogP contribution is -1.89. The highest BCUT2D eigenvalue weighted by Crippen LogP contribution is 2.17. The minimum absolute atomic E-state index is 0.109. The van der Waals surface area contributed by atoms with Crippen molar-refractivity contribution < 1.29 is 9.18 Å². The third-order valence-corrected chi connectivity index (χ3v) is 3.52. The SMILES string of the molecule is O=C(C=Cc1ccc(Br)cc1F)c1cccs1. The lowest BCUT2D eigenvalue weighted by atomic mass is 10.2. The minimum Gasteiger partial charge on any atom is -0.288 e. The summed E-state index contributed by atoms with van der Waals surface area (Å²) in [5.74, 6) is -0.461. The molecule has 0 unspecified atom stereocenters. The second-order valence-electron chi connectivity index (χ2n) is 3.34. The molecule has 0 radical (unpaired) electrons. The number of ketones is 1. The first-order chi connectivity index (χ1) is 8.16. The molecule has 2 rings (SSSR count). The van der Waals surface area contributed by atoms with Crippen LogP contribution >= 0.6 is 27.3 Å². The second-order valence-corrected chi connectivity index (χ2v) is 5.20. The van der Waals surface area contributed by atoms with Crippen molar-refractivity contribution in [1.82, 2.24) is 0 Å². The number of hydrogen-bond acceptors (Lipinski definition) is 2. The van der Waals surface area contributed by atoms with Gasteiger partial charge < -0.3 is 0 Å². The molecule has 86 valence electrons. The number of thiophene rings is 1. The number of allylic oxidation sites excluding steroid dienone is 1. The Morgan fingerprint density at radius 1 is 1.35 bits per heavy atom. The maximum atomic E-state index is 13.5. The zero-order valence-electron chi connectivity index (χ0n) is 8.69. The molecule has 0 amide bonds. The summed E-state index contributed by atoms with van der Waals surface area (Å²) in [6.45, 7) is 0. The van der Waals surface area contributed by atoms with Crippen LogP contribution < -0.4 is 0 Å². The predicted molar refractivity (Wildman–Crippen MR) is 71.8 cm³/mol. The number of halogens is 2. The Balaban J connectivity index is 2.18. The lowest BCUT2D eigenvalue weighted by Gasteiger charge is -1.97. The van der Waals surface area contributed by atoms with E-state index in [1.54, 1.807) is 18.2 Å².